The van der Waals surface area contributed by atoms with Gasteiger partial charge in [-0.15, -0.1) is 0 Å². The number of carboxylic acid groups (broad SMARTS) is 1. The molecule has 0 aliphatic heterocycles. The Morgan fingerprint density at radius 2 is 1.92 bits per heavy atom. The summed E-state index contributed by atoms with van der Waals surface area (Å²) in [5.74, 6) is -0.405. The molecule has 5 nitrogen and oxygen atoms in total. The second-order valence-corrected chi connectivity index (χ2v) is 3.00. The molecule has 1 amide bonds. The first-order chi connectivity index (χ1) is 5.91. The highest BCUT2D eigenvalue weighted by Crippen LogP contribution is 1.93. The van der Waals surface area contributed by atoms with E-state index >= 15 is 0 Å². The maximum Gasteiger partial charge on any atom is 0.322 e. The number of amides is 1. The Kier molecular flexibility index (Phi) is 9.98. The fraction of sp³-hybridized carbons (Fsp3) is 0.750. The number of hydrogen-bond donors (Lipinski definition) is 3. The lowest BCUT2D eigenvalue weighted by atomic mass is 10.1. The second-order valence-electron chi connectivity index (χ2n) is 3.00. The first-order valence-electron chi connectivity index (χ1n) is 4.06. The van der Waals surface area contributed by atoms with Crippen molar-refractivity contribution in [2.45, 2.75) is 26.8 Å². The van der Waals surface area contributed by atoms with Crippen LogP contribution >= 0.6 is 0 Å². The van der Waals surface area contributed by atoms with E-state index in [0.717, 1.165) is 0 Å². The van der Waals surface area contributed by atoms with Crippen LogP contribution in [0.5, 0.6) is 0 Å². The Balaban J connectivity index is 0. The summed E-state index contributed by atoms with van der Waals surface area (Å²) in [6, 6.07) is 0.352. The Hall–Kier alpha value is -1.10. The molecule has 0 aromatic heterocycles. The van der Waals surface area contributed by atoms with Gasteiger partial charge in [0.05, 0.1) is 0 Å². The zero-order valence-electron chi connectivity index (χ0n) is 8.28. The van der Waals surface area contributed by atoms with E-state index < -0.39 is 5.97 Å². The molecular formula is C8H18N2O3. The predicted molar refractivity (Wildman–Crippen MR) is 50.2 cm³/mol. The Morgan fingerprint density at radius 3 is 2.00 bits per heavy atom. The van der Waals surface area contributed by atoms with Gasteiger partial charge in [0.15, 0.2) is 0 Å². The van der Waals surface area contributed by atoms with Crippen molar-refractivity contribution in [2.75, 3.05) is 6.54 Å². The molecule has 0 aliphatic rings. The van der Waals surface area contributed by atoms with Crippen molar-refractivity contribution in [3.05, 3.63) is 0 Å². The molecule has 0 bridgehead atoms. The van der Waals surface area contributed by atoms with Crippen molar-refractivity contribution < 1.29 is 14.7 Å². The highest BCUT2D eigenvalue weighted by Gasteiger charge is 1.95. The number of carbonyl (C=O) groups excluding carboxylic acids is 1. The van der Waals surface area contributed by atoms with E-state index in [4.69, 9.17) is 10.8 Å². The van der Waals surface area contributed by atoms with Gasteiger partial charge in [0.25, 0.3) is 0 Å². The van der Waals surface area contributed by atoms with Gasteiger partial charge in [0.2, 0.25) is 6.41 Å². The normalized spacial score (nSPS) is 11.2. The zero-order valence-corrected chi connectivity index (χ0v) is 8.28. The molecule has 0 heterocycles. The summed E-state index contributed by atoms with van der Waals surface area (Å²) in [7, 11) is 0. The van der Waals surface area contributed by atoms with Crippen molar-refractivity contribution in [3.8, 4) is 0 Å². The molecule has 1 unspecified atom stereocenters. The van der Waals surface area contributed by atoms with E-state index in [9.17, 15) is 9.59 Å². The molecule has 1 atom stereocenters. The van der Waals surface area contributed by atoms with Crippen molar-refractivity contribution >= 4 is 12.4 Å². The van der Waals surface area contributed by atoms with Gasteiger partial charge in [-0.2, -0.15) is 0 Å². The van der Waals surface area contributed by atoms with Gasteiger partial charge in [-0.3, -0.25) is 9.59 Å². The molecule has 0 spiro atoms. The van der Waals surface area contributed by atoms with E-state index in [2.05, 4.69) is 13.8 Å². The molecule has 0 rings (SSSR count). The van der Waals surface area contributed by atoms with Crippen LogP contribution in [0.2, 0.25) is 0 Å². The van der Waals surface area contributed by atoms with Gasteiger partial charge in [-0.05, 0) is 12.8 Å². The third kappa shape index (κ3) is 18.1. The van der Waals surface area contributed by atoms with Crippen molar-refractivity contribution in [1.82, 2.24) is 5.32 Å². The van der Waals surface area contributed by atoms with E-state index in [1.807, 2.05) is 12.2 Å². The van der Waals surface area contributed by atoms with Crippen LogP contribution in [0.25, 0.3) is 0 Å². The standard InChI is InChI=1S/C5H13N.C3H5NO3/c1-4(2)5(3)6;5-2-4-1-3(6)7/h4-5H,6H2,1-3H3;2H,1H2,(H,4,5)(H,6,7). The summed E-state index contributed by atoms with van der Waals surface area (Å²) in [6.45, 7) is 5.95. The minimum atomic E-state index is -1.04. The molecule has 0 saturated heterocycles. The lowest BCUT2D eigenvalue weighted by molar-refractivity contribution is -0.136. The van der Waals surface area contributed by atoms with Crippen LogP contribution in [-0.2, 0) is 9.59 Å². The fourth-order valence-electron chi connectivity index (χ4n) is 0.129. The molecular weight excluding hydrogens is 172 g/mol. The minimum Gasteiger partial charge on any atom is -0.480 e. The Labute approximate surface area is 78.3 Å². The molecule has 5 heteroatoms. The van der Waals surface area contributed by atoms with Crippen LogP contribution in [-0.4, -0.2) is 30.1 Å². The molecule has 4 N–H and O–H groups in total. The van der Waals surface area contributed by atoms with Gasteiger partial charge in [-0.1, -0.05) is 13.8 Å². The molecule has 78 valence electrons. The number of carbonyl (C=O) groups is 2. The van der Waals surface area contributed by atoms with Crippen LogP contribution < -0.4 is 11.1 Å². The summed E-state index contributed by atoms with van der Waals surface area (Å²) in [5.41, 5.74) is 5.44. The predicted octanol–water partition coefficient (Wildman–Crippen LogP) is -0.193. The quantitative estimate of drug-likeness (QED) is 0.535. The van der Waals surface area contributed by atoms with Crippen LogP contribution in [0.15, 0.2) is 0 Å². The highest BCUT2D eigenvalue weighted by molar-refractivity contribution is 5.71. The lowest BCUT2D eigenvalue weighted by Crippen LogP contribution is -2.21. The number of carboxylic acids is 1. The number of aliphatic carboxylic acids is 1. The molecule has 0 saturated carbocycles. The fourth-order valence-corrected chi connectivity index (χ4v) is 0.129. The van der Waals surface area contributed by atoms with E-state index in [-0.39, 0.29) is 6.54 Å². The van der Waals surface area contributed by atoms with E-state index in [1.165, 1.54) is 0 Å². The van der Waals surface area contributed by atoms with Gasteiger partial charge >= 0.3 is 5.97 Å². The van der Waals surface area contributed by atoms with E-state index in [1.54, 1.807) is 0 Å². The van der Waals surface area contributed by atoms with Crippen molar-refractivity contribution in [1.29, 1.82) is 0 Å². The Bertz CT molecular complexity index is 140. The van der Waals surface area contributed by atoms with Crippen molar-refractivity contribution in [3.63, 3.8) is 0 Å². The van der Waals surface area contributed by atoms with Crippen LogP contribution in [0.4, 0.5) is 0 Å². The molecule has 0 aromatic rings. The summed E-state index contributed by atoms with van der Waals surface area (Å²) < 4.78 is 0. The average molecular weight is 190 g/mol. The highest BCUT2D eigenvalue weighted by atomic mass is 16.4. The molecule has 0 radical (unpaired) electrons. The van der Waals surface area contributed by atoms with Crippen LogP contribution in [0, 0.1) is 5.92 Å². The first-order valence-corrected chi connectivity index (χ1v) is 4.06. The minimum absolute atomic E-state index is 0.302. The summed E-state index contributed by atoms with van der Waals surface area (Å²) in [5, 5.41) is 9.79. The third-order valence-electron chi connectivity index (χ3n) is 1.39. The topological polar surface area (TPSA) is 92.4 Å². The second kappa shape index (κ2) is 8.99. The van der Waals surface area contributed by atoms with Gasteiger partial charge in [-0.25, -0.2) is 0 Å². The number of hydrogen-bond acceptors (Lipinski definition) is 3. The van der Waals surface area contributed by atoms with Gasteiger partial charge in [0, 0.05) is 6.04 Å². The van der Waals surface area contributed by atoms with Gasteiger partial charge < -0.3 is 16.2 Å². The first kappa shape index (κ1) is 14.4. The van der Waals surface area contributed by atoms with Crippen molar-refractivity contribution in [2.24, 2.45) is 11.7 Å². The monoisotopic (exact) mass is 190 g/mol. The number of nitrogens with two attached hydrogens (primary N) is 1. The molecule has 0 aliphatic carbocycles. The summed E-state index contributed by atoms with van der Waals surface area (Å²) >= 11 is 0. The van der Waals surface area contributed by atoms with Crippen LogP contribution in [0.3, 0.4) is 0 Å². The van der Waals surface area contributed by atoms with Crippen LogP contribution in [0.1, 0.15) is 20.8 Å². The SMILES string of the molecule is CC(C)C(C)N.O=CNCC(=O)O. The molecule has 0 fully saturated rings. The molecule has 0 aromatic carbocycles. The Morgan fingerprint density at radius 1 is 1.54 bits per heavy atom. The summed E-state index contributed by atoms with van der Waals surface area (Å²) in [6.07, 6.45) is 0.341. The third-order valence-corrected chi connectivity index (χ3v) is 1.39. The summed E-state index contributed by atoms with van der Waals surface area (Å²) in [4.78, 5) is 18.9. The zero-order chi connectivity index (χ0) is 10.9. The number of rotatable bonds is 4. The molecule has 13 heavy (non-hydrogen) atoms. The maximum atomic E-state index is 9.54. The largest absolute Gasteiger partial charge is 0.480 e. The number of nitrogens with one attached hydrogen (secondary N) is 1. The average Bonchev–Trinajstić information content (AvgIpc) is 2.01. The van der Waals surface area contributed by atoms with Gasteiger partial charge in [0.1, 0.15) is 6.54 Å². The smallest absolute Gasteiger partial charge is 0.322 e. The maximum absolute atomic E-state index is 9.54. The van der Waals surface area contributed by atoms with E-state index in [0.29, 0.717) is 18.4 Å². The lowest BCUT2D eigenvalue weighted by Gasteiger charge is -2.05.